The maximum atomic E-state index is 0. The first-order valence-corrected chi connectivity index (χ1v) is 0. The molecule has 0 aliphatic rings. The molecule has 0 aliphatic heterocycles. The Bertz CT molecular complexity index is 8.04. The summed E-state index contributed by atoms with van der Waals surface area (Å²) < 4.78 is 0. The van der Waals surface area contributed by atoms with Gasteiger partial charge < -0.3 is 27.4 Å². The van der Waals surface area contributed by atoms with Crippen LogP contribution in [0.15, 0.2) is 0 Å². The molecular formula is H10AgO5Ta. The zero-order chi connectivity index (χ0) is 0. The van der Waals surface area contributed by atoms with Crippen LogP contribution in [-0.2, 0) is 44.8 Å². The SMILES string of the molecule is O.O.O.O.O.[Ag].[Ta]. The summed E-state index contributed by atoms with van der Waals surface area (Å²) in [5, 5.41) is 0. The van der Waals surface area contributed by atoms with Crippen LogP contribution in [0.5, 0.6) is 0 Å². The second-order valence-electron chi connectivity index (χ2n) is 0. The van der Waals surface area contributed by atoms with E-state index in [1.807, 2.05) is 0 Å². The van der Waals surface area contributed by atoms with Gasteiger partial charge in [-0.2, -0.15) is 0 Å². The van der Waals surface area contributed by atoms with Crippen molar-refractivity contribution in [2.45, 2.75) is 0 Å². The van der Waals surface area contributed by atoms with Crippen molar-refractivity contribution in [3.63, 3.8) is 0 Å². The Morgan fingerprint density at radius 1 is 0.429 bits per heavy atom. The zero-order valence-electron chi connectivity index (χ0n) is 3.25. The van der Waals surface area contributed by atoms with Gasteiger partial charge in [-0.3, -0.25) is 0 Å². The van der Waals surface area contributed by atoms with Crippen molar-refractivity contribution in [3.05, 3.63) is 0 Å². The molecule has 10 N–H and O–H groups in total. The standard InChI is InChI=1S/Ag.5H2O.Ta/h;5*1H2;. The second kappa shape index (κ2) is 175. The van der Waals surface area contributed by atoms with E-state index in [0.717, 1.165) is 0 Å². The van der Waals surface area contributed by atoms with E-state index in [2.05, 4.69) is 0 Å². The van der Waals surface area contributed by atoms with E-state index in [1.54, 1.807) is 0 Å². The van der Waals surface area contributed by atoms with Gasteiger partial charge in [0.05, 0.1) is 0 Å². The van der Waals surface area contributed by atoms with Gasteiger partial charge in [-0.25, -0.2) is 0 Å². The van der Waals surface area contributed by atoms with Crippen LogP contribution in [0.1, 0.15) is 0 Å². The van der Waals surface area contributed by atoms with Crippen LogP contribution >= 0.6 is 0 Å². The number of rotatable bonds is 0. The number of hydrogen-bond acceptors (Lipinski definition) is 0. The summed E-state index contributed by atoms with van der Waals surface area (Å²) in [6.07, 6.45) is 0. The molecule has 0 aliphatic carbocycles. The summed E-state index contributed by atoms with van der Waals surface area (Å²) in [4.78, 5) is 0. The molecule has 0 aromatic rings. The maximum absolute atomic E-state index is 0. The van der Waals surface area contributed by atoms with Gasteiger partial charge in [-0.05, 0) is 0 Å². The molecule has 0 aromatic carbocycles. The van der Waals surface area contributed by atoms with Crippen LogP contribution in [-0.4, -0.2) is 27.4 Å². The van der Waals surface area contributed by atoms with Gasteiger partial charge >= 0.3 is 0 Å². The molecule has 5 nitrogen and oxygen atoms in total. The third kappa shape index (κ3) is 124. The summed E-state index contributed by atoms with van der Waals surface area (Å²) >= 11 is 0. The van der Waals surface area contributed by atoms with E-state index < -0.39 is 0 Å². The van der Waals surface area contributed by atoms with E-state index in [1.165, 1.54) is 0 Å². The topological polar surface area (TPSA) is 158 Å². The van der Waals surface area contributed by atoms with Crippen molar-refractivity contribution in [1.29, 1.82) is 0 Å². The van der Waals surface area contributed by atoms with Crippen molar-refractivity contribution < 1.29 is 72.1 Å². The molecule has 0 fully saturated rings. The molecule has 0 atom stereocenters. The average Bonchev–Trinajstić information content (AvgIpc) is 0. The van der Waals surface area contributed by atoms with E-state index in [4.69, 9.17) is 0 Å². The molecule has 0 rings (SSSR count). The van der Waals surface area contributed by atoms with Gasteiger partial charge in [0, 0.05) is 44.8 Å². The normalized spacial score (nSPS) is 0. The maximum Gasteiger partial charge on any atom is 0 e. The Labute approximate surface area is 72.0 Å². The molecule has 0 spiro atoms. The molecule has 0 saturated heterocycles. The summed E-state index contributed by atoms with van der Waals surface area (Å²) in [5.41, 5.74) is 0. The van der Waals surface area contributed by atoms with Crippen molar-refractivity contribution >= 4 is 0 Å². The second-order valence-corrected chi connectivity index (χ2v) is 0. The molecule has 0 heterocycles. The Kier molecular flexibility index (Phi) is 6700. The Morgan fingerprint density at radius 3 is 0.429 bits per heavy atom. The van der Waals surface area contributed by atoms with Crippen LogP contribution in [0.3, 0.4) is 0 Å². The first-order valence-electron chi connectivity index (χ1n) is 0. The van der Waals surface area contributed by atoms with Gasteiger partial charge in [0.1, 0.15) is 0 Å². The molecule has 0 saturated carbocycles. The fraction of sp³-hybridized carbons (Fsp3) is 0. The van der Waals surface area contributed by atoms with Gasteiger partial charge in [-0.1, -0.05) is 0 Å². The average molecular weight is 379 g/mol. The Morgan fingerprint density at radius 2 is 0.429 bits per heavy atom. The summed E-state index contributed by atoms with van der Waals surface area (Å²) in [6.45, 7) is 0. The zero-order valence-corrected chi connectivity index (χ0v) is 7.94. The molecule has 0 amide bonds. The minimum atomic E-state index is 0. The Hall–Kier alpha value is 1.28. The van der Waals surface area contributed by atoms with Gasteiger partial charge in [0.2, 0.25) is 0 Å². The molecule has 7 heteroatoms. The van der Waals surface area contributed by atoms with Crippen molar-refractivity contribution in [3.8, 4) is 0 Å². The van der Waals surface area contributed by atoms with Gasteiger partial charge in [0.25, 0.3) is 0 Å². The van der Waals surface area contributed by atoms with E-state index in [0.29, 0.717) is 0 Å². The van der Waals surface area contributed by atoms with E-state index in [9.17, 15) is 0 Å². The molecule has 0 unspecified atom stereocenters. The van der Waals surface area contributed by atoms with E-state index >= 15 is 0 Å². The predicted molar refractivity (Wildman–Crippen MR) is 18.1 cm³/mol. The summed E-state index contributed by atoms with van der Waals surface area (Å²) in [5.74, 6) is 0. The first-order chi connectivity index (χ1) is 0. The van der Waals surface area contributed by atoms with Crippen molar-refractivity contribution in [2.24, 2.45) is 0 Å². The fourth-order valence-electron chi connectivity index (χ4n) is 0. The molecular weight excluding hydrogens is 369 g/mol. The van der Waals surface area contributed by atoms with Crippen LogP contribution in [0.4, 0.5) is 0 Å². The first kappa shape index (κ1) is 268. The molecule has 56 valence electrons. The molecule has 7 heavy (non-hydrogen) atoms. The Balaban J connectivity index is 0. The molecule has 2 radical (unpaired) electrons. The molecule has 0 bridgehead atoms. The third-order valence-corrected chi connectivity index (χ3v) is 0. The van der Waals surface area contributed by atoms with Crippen molar-refractivity contribution in [2.75, 3.05) is 0 Å². The molecule has 0 aromatic heterocycles. The summed E-state index contributed by atoms with van der Waals surface area (Å²) in [7, 11) is 0. The fourth-order valence-corrected chi connectivity index (χ4v) is 0. The van der Waals surface area contributed by atoms with Gasteiger partial charge in [0.15, 0.2) is 0 Å². The minimum Gasteiger partial charge on any atom is -0.412 e. The number of hydrogen-bond donors (Lipinski definition) is 0. The minimum absolute atomic E-state index is 0. The third-order valence-electron chi connectivity index (χ3n) is 0. The smallest absolute Gasteiger partial charge is 0 e. The van der Waals surface area contributed by atoms with Crippen LogP contribution in [0.2, 0.25) is 0 Å². The predicted octanol–water partition coefficient (Wildman–Crippen LogP) is -4.13. The van der Waals surface area contributed by atoms with Crippen LogP contribution in [0, 0.1) is 0 Å². The van der Waals surface area contributed by atoms with Crippen LogP contribution in [0.25, 0.3) is 0 Å². The summed E-state index contributed by atoms with van der Waals surface area (Å²) in [6, 6.07) is 0. The monoisotopic (exact) mass is 378 g/mol. The van der Waals surface area contributed by atoms with Crippen LogP contribution < -0.4 is 0 Å². The van der Waals surface area contributed by atoms with E-state index in [-0.39, 0.29) is 72.1 Å². The quantitative estimate of drug-likeness (QED) is 0.375. The largest absolute Gasteiger partial charge is 0.412 e. The van der Waals surface area contributed by atoms with Gasteiger partial charge in [-0.15, -0.1) is 0 Å². The van der Waals surface area contributed by atoms with Crippen molar-refractivity contribution in [1.82, 2.24) is 0 Å².